The molecule has 6 aliphatic rings. The van der Waals surface area contributed by atoms with Crippen LogP contribution in [0.5, 0.6) is 0 Å². The fraction of sp³-hybridized carbons (Fsp3) is 0.950. The summed E-state index contributed by atoms with van der Waals surface area (Å²) in [6, 6.07) is 0.421. The summed E-state index contributed by atoms with van der Waals surface area (Å²) in [6.45, 7) is 10.3. The predicted molar refractivity (Wildman–Crippen MR) is 104 cm³/mol. The van der Waals surface area contributed by atoms with E-state index in [0.29, 0.717) is 23.9 Å². The summed E-state index contributed by atoms with van der Waals surface area (Å²) in [5, 5.41) is 6.75. The highest BCUT2D eigenvalue weighted by Gasteiger charge is 2.69. The zero-order valence-corrected chi connectivity index (χ0v) is 17.0. The molecule has 6 fully saturated rings. The van der Waals surface area contributed by atoms with Gasteiger partial charge in [0, 0.05) is 19.1 Å². The Bertz CT molecular complexity index is 611. The van der Waals surface area contributed by atoms with E-state index in [0.717, 1.165) is 51.2 Å². The molecule has 0 aromatic heterocycles. The summed E-state index contributed by atoms with van der Waals surface area (Å²) >= 11 is 0. The quantitative estimate of drug-likeness (QED) is 0.723. The molecule has 0 spiro atoms. The molecule has 2 bridgehead atoms. The van der Waals surface area contributed by atoms with Crippen LogP contribution in [0.2, 0.25) is 0 Å². The zero-order valence-electron chi connectivity index (χ0n) is 17.0. The summed E-state index contributed by atoms with van der Waals surface area (Å²) in [7, 11) is -0.255. The molecule has 27 heavy (non-hydrogen) atoms. The Balaban J connectivity index is 1.24. The van der Waals surface area contributed by atoms with Gasteiger partial charge in [0.2, 0.25) is 5.91 Å². The van der Waals surface area contributed by atoms with Gasteiger partial charge >= 0.3 is 7.12 Å². The molecule has 2 N–H and O–H groups in total. The molecule has 3 saturated heterocycles. The molecule has 6 atom stereocenters. The summed E-state index contributed by atoms with van der Waals surface area (Å²) < 4.78 is 13.1. The average Bonchev–Trinajstić information content (AvgIpc) is 3.36. The van der Waals surface area contributed by atoms with Crippen LogP contribution < -0.4 is 10.6 Å². The van der Waals surface area contributed by atoms with Crippen LogP contribution in [0.1, 0.15) is 52.9 Å². The molecule has 6 rings (SSSR count). The minimum atomic E-state index is -0.255. The fourth-order valence-electron chi connectivity index (χ4n) is 6.61. The number of carbonyl (C=O) groups is 1. The smallest absolute Gasteiger partial charge is 0.404 e. The highest BCUT2D eigenvalue weighted by Crippen LogP contribution is 2.65. The Morgan fingerprint density at radius 2 is 2.15 bits per heavy atom. The van der Waals surface area contributed by atoms with Crippen molar-refractivity contribution in [3.8, 4) is 0 Å². The van der Waals surface area contributed by atoms with E-state index < -0.39 is 0 Å². The van der Waals surface area contributed by atoms with Crippen molar-refractivity contribution in [2.45, 2.75) is 76.6 Å². The molecule has 6 nitrogen and oxygen atoms in total. The van der Waals surface area contributed by atoms with E-state index in [4.69, 9.17) is 9.31 Å². The molecule has 3 aliphatic carbocycles. The van der Waals surface area contributed by atoms with Crippen molar-refractivity contribution in [3.05, 3.63) is 0 Å². The normalized spacial score (nSPS) is 45.1. The van der Waals surface area contributed by atoms with Gasteiger partial charge in [-0.3, -0.25) is 4.79 Å². The lowest BCUT2D eigenvalue weighted by atomic mass is 9.43. The Labute approximate surface area is 163 Å². The van der Waals surface area contributed by atoms with Crippen LogP contribution in [-0.4, -0.2) is 67.8 Å². The highest BCUT2D eigenvalue weighted by molar-refractivity contribution is 6.48. The summed E-state index contributed by atoms with van der Waals surface area (Å²) in [6.07, 6.45) is 5.70. The maximum Gasteiger partial charge on any atom is 0.481 e. The molecule has 1 amide bonds. The van der Waals surface area contributed by atoms with E-state index in [2.05, 4.69) is 31.4 Å². The van der Waals surface area contributed by atoms with Gasteiger partial charge in [-0.15, -0.1) is 0 Å². The van der Waals surface area contributed by atoms with Gasteiger partial charge in [-0.25, -0.2) is 0 Å². The van der Waals surface area contributed by atoms with Crippen LogP contribution in [0.4, 0.5) is 0 Å². The topological polar surface area (TPSA) is 62.8 Å². The first kappa shape index (κ1) is 18.4. The summed E-state index contributed by atoms with van der Waals surface area (Å²) in [5.74, 6) is 1.60. The van der Waals surface area contributed by atoms with Crippen LogP contribution >= 0.6 is 0 Å². The fourth-order valence-corrected chi connectivity index (χ4v) is 6.61. The highest BCUT2D eigenvalue weighted by atomic mass is 16.7. The third-order valence-corrected chi connectivity index (χ3v) is 8.50. The summed E-state index contributed by atoms with van der Waals surface area (Å²) in [5.41, 5.74) is 0.169. The van der Waals surface area contributed by atoms with Crippen LogP contribution in [0.25, 0.3) is 0 Å². The Morgan fingerprint density at radius 1 is 1.30 bits per heavy atom. The van der Waals surface area contributed by atoms with Crippen molar-refractivity contribution in [3.63, 3.8) is 0 Å². The van der Waals surface area contributed by atoms with Crippen LogP contribution in [0, 0.1) is 17.3 Å². The van der Waals surface area contributed by atoms with E-state index in [1.807, 2.05) is 4.90 Å². The second-order valence-electron chi connectivity index (χ2n) is 10.2. The molecule has 0 radical (unpaired) electrons. The van der Waals surface area contributed by atoms with Crippen molar-refractivity contribution >= 4 is 13.0 Å². The van der Waals surface area contributed by atoms with E-state index in [9.17, 15) is 4.79 Å². The number of carbonyl (C=O) groups excluding carboxylic acids is 1. The van der Waals surface area contributed by atoms with Gasteiger partial charge in [-0.1, -0.05) is 13.8 Å². The average molecular weight is 375 g/mol. The first-order valence-corrected chi connectivity index (χ1v) is 11.0. The second-order valence-corrected chi connectivity index (χ2v) is 10.2. The summed E-state index contributed by atoms with van der Waals surface area (Å²) in [4.78, 5) is 14.9. The number of likely N-dealkylation sites (tertiary alicyclic amines) is 1. The lowest BCUT2D eigenvalue weighted by Gasteiger charge is -2.64. The third-order valence-electron chi connectivity index (χ3n) is 8.50. The molecule has 0 aromatic carbocycles. The van der Waals surface area contributed by atoms with Crippen molar-refractivity contribution in [1.29, 1.82) is 0 Å². The van der Waals surface area contributed by atoms with Gasteiger partial charge in [0.25, 0.3) is 0 Å². The van der Waals surface area contributed by atoms with E-state index in [1.54, 1.807) is 0 Å². The third kappa shape index (κ3) is 2.80. The van der Waals surface area contributed by atoms with Crippen molar-refractivity contribution < 1.29 is 14.1 Å². The zero-order chi connectivity index (χ0) is 18.8. The van der Waals surface area contributed by atoms with Crippen LogP contribution in [-0.2, 0) is 14.1 Å². The maximum atomic E-state index is 12.9. The standard InChI is InChI=1S/C20H34BN3O3/c1-19(2)13-9-15(19)20(3)16(10-13)26-21(27-20)17-5-4-8-24(17)18(25)12-23-14-6-7-22-11-14/h13-17,22-23H,4-12H2,1-3H3/t13-,14+,15-,16?,17-,20-/m0/s1. The number of rotatable bonds is 4. The molecule has 150 valence electrons. The van der Waals surface area contributed by atoms with Crippen LogP contribution in [0.15, 0.2) is 0 Å². The molecular formula is C20H34BN3O3. The number of nitrogens with zero attached hydrogens (tertiary/aromatic N) is 1. The van der Waals surface area contributed by atoms with Crippen LogP contribution in [0.3, 0.4) is 0 Å². The number of hydrogen-bond donors (Lipinski definition) is 2. The van der Waals surface area contributed by atoms with Gasteiger partial charge < -0.3 is 24.8 Å². The van der Waals surface area contributed by atoms with Gasteiger partial charge in [0.15, 0.2) is 0 Å². The van der Waals surface area contributed by atoms with E-state index in [1.165, 1.54) is 6.42 Å². The minimum absolute atomic E-state index is 0.0729. The van der Waals surface area contributed by atoms with Gasteiger partial charge in [-0.05, 0) is 62.8 Å². The molecule has 3 heterocycles. The SMILES string of the molecule is CC1(C)[C@@H]2CC3OB([C@@H]4CCCN4C(=O)CN[C@@H]4CCNC4)O[C@@]3(C)[C@H]1C2. The van der Waals surface area contributed by atoms with Crippen molar-refractivity contribution in [2.24, 2.45) is 17.3 Å². The molecule has 3 aliphatic heterocycles. The first-order valence-electron chi connectivity index (χ1n) is 11.0. The van der Waals surface area contributed by atoms with E-state index >= 15 is 0 Å². The monoisotopic (exact) mass is 375 g/mol. The van der Waals surface area contributed by atoms with Gasteiger partial charge in [-0.2, -0.15) is 0 Å². The Hall–Kier alpha value is -0.625. The molecule has 3 saturated carbocycles. The van der Waals surface area contributed by atoms with E-state index in [-0.39, 0.29) is 30.7 Å². The lowest BCUT2D eigenvalue weighted by molar-refractivity contribution is -0.199. The Kier molecular flexibility index (Phi) is 4.39. The largest absolute Gasteiger partial charge is 0.481 e. The molecule has 7 heteroatoms. The number of nitrogens with one attached hydrogen (secondary N) is 2. The van der Waals surface area contributed by atoms with Gasteiger partial charge in [0.05, 0.1) is 24.2 Å². The van der Waals surface area contributed by atoms with Gasteiger partial charge in [0.1, 0.15) is 0 Å². The number of hydrogen-bond acceptors (Lipinski definition) is 5. The predicted octanol–water partition coefficient (Wildman–Crippen LogP) is 1.20. The molecular weight excluding hydrogens is 341 g/mol. The van der Waals surface area contributed by atoms with Crippen molar-refractivity contribution in [2.75, 3.05) is 26.2 Å². The Morgan fingerprint density at radius 3 is 2.89 bits per heavy atom. The lowest BCUT2D eigenvalue weighted by Crippen LogP contribution is -2.65. The maximum absolute atomic E-state index is 12.9. The second kappa shape index (κ2) is 6.44. The molecule has 1 unspecified atom stereocenters. The first-order chi connectivity index (χ1) is 12.9. The number of amides is 1. The molecule has 0 aromatic rings. The van der Waals surface area contributed by atoms with Crippen molar-refractivity contribution in [1.82, 2.24) is 15.5 Å². The minimum Gasteiger partial charge on any atom is -0.404 e.